The van der Waals surface area contributed by atoms with E-state index >= 15 is 4.39 Å². The zero-order valence-electron chi connectivity index (χ0n) is 19.7. The zero-order valence-corrected chi connectivity index (χ0v) is 20.5. The maximum Gasteiger partial charge on any atom is 0.255 e. The number of benzene rings is 3. The SMILES string of the molecule is COc1cc(-c2ccc(F)c(F)c2)c(F)cc1-n1c(=O)ccc2cc(S(=O)(=O)Cc3cccnn3)ccc21. The van der Waals surface area contributed by atoms with Crippen molar-refractivity contribution in [1.29, 1.82) is 0 Å². The molecule has 3 aromatic carbocycles. The summed E-state index contributed by atoms with van der Waals surface area (Å²) < 4.78 is 74.9. The van der Waals surface area contributed by atoms with Gasteiger partial charge in [-0.1, -0.05) is 6.07 Å². The van der Waals surface area contributed by atoms with Crippen molar-refractivity contribution in [2.45, 2.75) is 10.6 Å². The van der Waals surface area contributed by atoms with Crippen molar-refractivity contribution in [3.05, 3.63) is 112 Å². The number of ether oxygens (including phenoxy) is 1. The molecular formula is C27H18F3N3O4S. The number of hydrogen-bond donors (Lipinski definition) is 0. The molecule has 0 atom stereocenters. The van der Waals surface area contributed by atoms with E-state index in [1.165, 1.54) is 60.3 Å². The number of nitrogens with zero attached hydrogens (tertiary/aromatic N) is 3. The van der Waals surface area contributed by atoms with Crippen molar-refractivity contribution in [3.63, 3.8) is 0 Å². The Labute approximate surface area is 214 Å². The molecule has 0 saturated heterocycles. The van der Waals surface area contributed by atoms with Crippen LogP contribution in [0.2, 0.25) is 0 Å². The maximum atomic E-state index is 15.3. The molecule has 0 aliphatic rings. The smallest absolute Gasteiger partial charge is 0.255 e. The van der Waals surface area contributed by atoms with Crippen LogP contribution in [-0.4, -0.2) is 30.3 Å². The lowest BCUT2D eigenvalue weighted by molar-refractivity contribution is 0.412. The van der Waals surface area contributed by atoms with Crippen LogP contribution in [0.3, 0.4) is 0 Å². The van der Waals surface area contributed by atoms with Gasteiger partial charge in [-0.2, -0.15) is 10.2 Å². The van der Waals surface area contributed by atoms with Gasteiger partial charge in [0.05, 0.1) is 34.7 Å². The Bertz CT molecular complexity index is 1860. The summed E-state index contributed by atoms with van der Waals surface area (Å²) in [6.45, 7) is 0. The Hall–Kier alpha value is -4.51. The van der Waals surface area contributed by atoms with Crippen molar-refractivity contribution < 1.29 is 26.3 Å². The van der Waals surface area contributed by atoms with Gasteiger partial charge in [-0.15, -0.1) is 0 Å². The number of methoxy groups -OCH3 is 1. The van der Waals surface area contributed by atoms with Gasteiger partial charge < -0.3 is 4.74 Å². The quantitative estimate of drug-likeness (QED) is 0.308. The molecule has 0 N–H and O–H groups in total. The highest BCUT2D eigenvalue weighted by molar-refractivity contribution is 7.90. The van der Waals surface area contributed by atoms with E-state index in [4.69, 9.17) is 4.74 Å². The molecule has 0 fully saturated rings. The molecule has 2 aromatic heterocycles. The third kappa shape index (κ3) is 4.63. The van der Waals surface area contributed by atoms with E-state index in [1.54, 1.807) is 12.1 Å². The minimum Gasteiger partial charge on any atom is -0.495 e. The minimum absolute atomic E-state index is 0.00711. The van der Waals surface area contributed by atoms with Crippen LogP contribution in [0.1, 0.15) is 5.69 Å². The Morgan fingerprint density at radius 1 is 0.895 bits per heavy atom. The van der Waals surface area contributed by atoms with Crippen LogP contribution in [0, 0.1) is 17.5 Å². The van der Waals surface area contributed by atoms with E-state index in [-0.39, 0.29) is 38.9 Å². The second-order valence-corrected chi connectivity index (χ2v) is 10.3. The molecule has 0 aliphatic heterocycles. The van der Waals surface area contributed by atoms with Gasteiger partial charge in [-0.25, -0.2) is 21.6 Å². The Balaban J connectivity index is 1.63. The Morgan fingerprint density at radius 2 is 1.71 bits per heavy atom. The van der Waals surface area contributed by atoms with Gasteiger partial charge >= 0.3 is 0 Å². The summed E-state index contributed by atoms with van der Waals surface area (Å²) in [4.78, 5) is 12.9. The highest BCUT2D eigenvalue weighted by Gasteiger charge is 2.20. The average Bonchev–Trinajstić information content (AvgIpc) is 2.90. The van der Waals surface area contributed by atoms with Gasteiger partial charge in [-0.3, -0.25) is 9.36 Å². The number of halogens is 3. The molecule has 0 aliphatic carbocycles. The molecule has 192 valence electrons. The lowest BCUT2D eigenvalue weighted by atomic mass is 10.0. The molecule has 5 rings (SSSR count). The minimum atomic E-state index is -3.79. The molecule has 11 heteroatoms. The van der Waals surface area contributed by atoms with Crippen LogP contribution < -0.4 is 10.3 Å². The van der Waals surface area contributed by atoms with Crippen molar-refractivity contribution in [2.75, 3.05) is 7.11 Å². The number of pyridine rings is 1. The van der Waals surface area contributed by atoms with Crippen LogP contribution in [0.4, 0.5) is 13.2 Å². The number of hydrogen-bond acceptors (Lipinski definition) is 6. The first-order valence-electron chi connectivity index (χ1n) is 11.2. The van der Waals surface area contributed by atoms with E-state index < -0.39 is 32.8 Å². The Kier molecular flexibility index (Phi) is 6.45. The predicted molar refractivity (Wildman–Crippen MR) is 134 cm³/mol. The van der Waals surface area contributed by atoms with E-state index in [9.17, 15) is 22.0 Å². The topological polar surface area (TPSA) is 91.2 Å². The van der Waals surface area contributed by atoms with Crippen LogP contribution in [0.5, 0.6) is 5.75 Å². The van der Waals surface area contributed by atoms with Gasteiger partial charge in [-0.05, 0) is 60.2 Å². The van der Waals surface area contributed by atoms with Crippen LogP contribution in [0.25, 0.3) is 27.7 Å². The number of aromatic nitrogens is 3. The van der Waals surface area contributed by atoms with E-state index in [0.717, 1.165) is 18.2 Å². The number of fused-ring (bicyclic) bond motifs is 1. The third-order valence-electron chi connectivity index (χ3n) is 5.93. The van der Waals surface area contributed by atoms with E-state index in [0.29, 0.717) is 10.9 Å². The van der Waals surface area contributed by atoms with Crippen molar-refractivity contribution in [2.24, 2.45) is 0 Å². The molecule has 38 heavy (non-hydrogen) atoms. The summed E-state index contributed by atoms with van der Waals surface area (Å²) in [6.07, 6.45) is 1.44. The molecule has 0 bridgehead atoms. The second-order valence-electron chi connectivity index (χ2n) is 8.33. The molecule has 0 saturated carbocycles. The van der Waals surface area contributed by atoms with Crippen molar-refractivity contribution >= 4 is 20.7 Å². The predicted octanol–water partition coefficient (Wildman–Crippen LogP) is 4.85. The van der Waals surface area contributed by atoms with Crippen LogP contribution >= 0.6 is 0 Å². The highest BCUT2D eigenvalue weighted by atomic mass is 32.2. The lowest BCUT2D eigenvalue weighted by Crippen LogP contribution is -2.18. The first-order valence-corrected chi connectivity index (χ1v) is 12.8. The summed E-state index contributed by atoms with van der Waals surface area (Å²) in [5.74, 6) is -3.30. The fraction of sp³-hybridized carbons (Fsp3) is 0.0741. The van der Waals surface area contributed by atoms with Gasteiger partial charge in [0.1, 0.15) is 11.6 Å². The largest absolute Gasteiger partial charge is 0.495 e. The van der Waals surface area contributed by atoms with Crippen LogP contribution in [0.15, 0.2) is 88.7 Å². The molecule has 0 radical (unpaired) electrons. The molecule has 0 amide bonds. The summed E-state index contributed by atoms with van der Waals surface area (Å²) in [7, 11) is -2.47. The monoisotopic (exact) mass is 537 g/mol. The summed E-state index contributed by atoms with van der Waals surface area (Å²) in [6, 6.07) is 15.3. The maximum absolute atomic E-state index is 15.3. The molecule has 7 nitrogen and oxygen atoms in total. The van der Waals surface area contributed by atoms with E-state index in [1.807, 2.05) is 0 Å². The van der Waals surface area contributed by atoms with Gasteiger partial charge in [0.25, 0.3) is 5.56 Å². The van der Waals surface area contributed by atoms with Gasteiger partial charge in [0.15, 0.2) is 21.5 Å². The van der Waals surface area contributed by atoms with Crippen molar-refractivity contribution in [3.8, 4) is 22.6 Å². The number of sulfone groups is 1. The molecule has 0 spiro atoms. The summed E-state index contributed by atoms with van der Waals surface area (Å²) >= 11 is 0. The summed E-state index contributed by atoms with van der Waals surface area (Å²) in [5.41, 5.74) is 0.117. The van der Waals surface area contributed by atoms with Crippen LogP contribution in [-0.2, 0) is 15.6 Å². The molecule has 5 aromatic rings. The van der Waals surface area contributed by atoms with Gasteiger partial charge in [0, 0.05) is 29.3 Å². The normalized spacial score (nSPS) is 11.6. The second kappa shape index (κ2) is 9.75. The van der Waals surface area contributed by atoms with Gasteiger partial charge in [0.2, 0.25) is 0 Å². The Morgan fingerprint density at radius 3 is 2.42 bits per heavy atom. The average molecular weight is 538 g/mol. The van der Waals surface area contributed by atoms with E-state index in [2.05, 4.69) is 10.2 Å². The third-order valence-corrected chi connectivity index (χ3v) is 7.58. The standard InChI is InChI=1S/C27H18F3N3O4S/c1-37-26-13-20(16-4-7-21(28)23(30)12-16)22(29)14-25(26)33-24-8-6-19(11-17(24)5-9-27(33)34)38(35,36)15-18-3-2-10-31-32-18/h2-14H,15H2,1H3. The fourth-order valence-corrected chi connectivity index (χ4v) is 5.41. The highest BCUT2D eigenvalue weighted by Crippen LogP contribution is 2.34. The summed E-state index contributed by atoms with van der Waals surface area (Å²) in [5, 5.41) is 7.91. The first-order chi connectivity index (χ1) is 18.2. The van der Waals surface area contributed by atoms with Crippen molar-refractivity contribution in [1.82, 2.24) is 14.8 Å². The first kappa shape index (κ1) is 25.2. The fourth-order valence-electron chi connectivity index (χ4n) is 4.12. The zero-order chi connectivity index (χ0) is 27.0. The number of rotatable bonds is 6. The lowest BCUT2D eigenvalue weighted by Gasteiger charge is -2.16. The molecular weight excluding hydrogens is 519 g/mol. The molecule has 0 unspecified atom stereocenters. The molecule has 2 heterocycles.